The van der Waals surface area contributed by atoms with Crippen LogP contribution in [0.5, 0.6) is 0 Å². The second kappa shape index (κ2) is 6.83. The van der Waals surface area contributed by atoms with Gasteiger partial charge in [-0.3, -0.25) is 0 Å². The van der Waals surface area contributed by atoms with Crippen LogP contribution in [0.15, 0.2) is 27.6 Å². The molecule has 0 spiro atoms. The van der Waals surface area contributed by atoms with E-state index in [2.05, 4.69) is 15.9 Å². The van der Waals surface area contributed by atoms with E-state index < -0.39 is 10.0 Å². The first kappa shape index (κ1) is 16.6. The van der Waals surface area contributed by atoms with E-state index in [1.165, 1.54) is 4.31 Å². The third-order valence-corrected chi connectivity index (χ3v) is 5.44. The zero-order valence-electron chi connectivity index (χ0n) is 11.7. The van der Waals surface area contributed by atoms with E-state index in [4.69, 9.17) is 4.74 Å². The monoisotopic (exact) mass is 349 g/mol. The average molecular weight is 350 g/mol. The zero-order chi connectivity index (χ0) is 14.6. The summed E-state index contributed by atoms with van der Waals surface area (Å²) in [4.78, 5) is 0.306. The predicted octanol–water partition coefficient (Wildman–Crippen LogP) is 2.80. The Hall–Kier alpha value is -0.430. The highest BCUT2D eigenvalue weighted by molar-refractivity contribution is 9.10. The van der Waals surface area contributed by atoms with Gasteiger partial charge in [0.1, 0.15) is 0 Å². The lowest BCUT2D eigenvalue weighted by Gasteiger charge is -2.18. The van der Waals surface area contributed by atoms with E-state index >= 15 is 0 Å². The lowest BCUT2D eigenvalue weighted by atomic mass is 10.2. The Morgan fingerprint density at radius 3 is 2.53 bits per heavy atom. The summed E-state index contributed by atoms with van der Waals surface area (Å²) in [5.74, 6) is 0. The molecule has 1 aromatic rings. The fourth-order valence-corrected chi connectivity index (χ4v) is 2.98. The van der Waals surface area contributed by atoms with E-state index in [-0.39, 0.29) is 6.10 Å². The lowest BCUT2D eigenvalue weighted by molar-refractivity contribution is 0.0737. The van der Waals surface area contributed by atoms with Gasteiger partial charge in [-0.15, -0.1) is 0 Å². The molecule has 0 bridgehead atoms. The Balaban J connectivity index is 2.81. The van der Waals surface area contributed by atoms with Crippen molar-refractivity contribution in [3.8, 4) is 0 Å². The topological polar surface area (TPSA) is 46.6 Å². The zero-order valence-corrected chi connectivity index (χ0v) is 14.1. The molecule has 0 saturated heterocycles. The number of halogens is 1. The van der Waals surface area contributed by atoms with Gasteiger partial charge in [-0.25, -0.2) is 8.42 Å². The second-order valence-electron chi connectivity index (χ2n) is 4.66. The van der Waals surface area contributed by atoms with Crippen LogP contribution in [0.1, 0.15) is 19.4 Å². The maximum absolute atomic E-state index is 12.3. The molecule has 19 heavy (non-hydrogen) atoms. The Morgan fingerprint density at radius 2 is 2.00 bits per heavy atom. The maximum atomic E-state index is 12.3. The number of benzene rings is 1. The molecule has 0 aliphatic rings. The minimum atomic E-state index is -3.44. The number of aryl methyl sites for hydroxylation is 1. The Morgan fingerprint density at radius 1 is 1.37 bits per heavy atom. The summed E-state index contributed by atoms with van der Waals surface area (Å²) in [6.45, 7) is 6.45. The number of ether oxygens (including phenoxy) is 1. The van der Waals surface area contributed by atoms with Gasteiger partial charge in [-0.2, -0.15) is 4.31 Å². The first-order valence-corrected chi connectivity index (χ1v) is 8.32. The van der Waals surface area contributed by atoms with Crippen molar-refractivity contribution in [2.75, 3.05) is 20.2 Å². The smallest absolute Gasteiger partial charge is 0.242 e. The molecule has 0 atom stereocenters. The minimum Gasteiger partial charge on any atom is -0.377 e. The van der Waals surface area contributed by atoms with Gasteiger partial charge in [0.2, 0.25) is 10.0 Å². The van der Waals surface area contributed by atoms with Gasteiger partial charge in [0, 0.05) is 18.1 Å². The maximum Gasteiger partial charge on any atom is 0.242 e. The van der Waals surface area contributed by atoms with Crippen LogP contribution in [0.4, 0.5) is 0 Å². The first-order valence-electron chi connectivity index (χ1n) is 6.09. The van der Waals surface area contributed by atoms with E-state index in [1.807, 2.05) is 20.8 Å². The van der Waals surface area contributed by atoms with Gasteiger partial charge in [-0.1, -0.05) is 15.9 Å². The summed E-state index contributed by atoms with van der Waals surface area (Å²) in [5, 5.41) is 0. The van der Waals surface area contributed by atoms with E-state index in [0.717, 1.165) is 10.0 Å². The highest BCUT2D eigenvalue weighted by Gasteiger charge is 2.20. The highest BCUT2D eigenvalue weighted by Crippen LogP contribution is 2.21. The fourth-order valence-electron chi connectivity index (χ4n) is 1.49. The molecule has 0 heterocycles. The number of sulfonamides is 1. The van der Waals surface area contributed by atoms with Crippen molar-refractivity contribution in [3.05, 3.63) is 28.2 Å². The van der Waals surface area contributed by atoms with Crippen molar-refractivity contribution in [3.63, 3.8) is 0 Å². The van der Waals surface area contributed by atoms with Gasteiger partial charge >= 0.3 is 0 Å². The third-order valence-electron chi connectivity index (χ3n) is 2.69. The van der Waals surface area contributed by atoms with Crippen molar-refractivity contribution >= 4 is 26.0 Å². The molecule has 0 N–H and O–H groups in total. The Bertz CT molecular complexity index is 529. The molecule has 4 nitrogen and oxygen atoms in total. The molecule has 1 aromatic carbocycles. The summed E-state index contributed by atoms with van der Waals surface area (Å²) < 4.78 is 32.2. The van der Waals surface area contributed by atoms with Crippen LogP contribution in [-0.4, -0.2) is 39.0 Å². The van der Waals surface area contributed by atoms with Crippen LogP contribution < -0.4 is 0 Å². The molecule has 1 rings (SSSR count). The summed E-state index contributed by atoms with van der Waals surface area (Å²) in [7, 11) is -1.88. The predicted molar refractivity (Wildman–Crippen MR) is 79.8 cm³/mol. The van der Waals surface area contributed by atoms with E-state index in [1.54, 1.807) is 25.2 Å². The second-order valence-corrected chi connectivity index (χ2v) is 7.56. The van der Waals surface area contributed by atoms with Crippen LogP contribution in [0.2, 0.25) is 0 Å². The number of hydrogen-bond acceptors (Lipinski definition) is 3. The molecular formula is C13H20BrNO3S. The highest BCUT2D eigenvalue weighted by atomic mass is 79.9. The van der Waals surface area contributed by atoms with Crippen molar-refractivity contribution in [2.24, 2.45) is 0 Å². The van der Waals surface area contributed by atoms with Crippen molar-refractivity contribution < 1.29 is 13.2 Å². The van der Waals surface area contributed by atoms with E-state index in [0.29, 0.717) is 18.0 Å². The molecule has 6 heteroatoms. The first-order chi connectivity index (χ1) is 8.75. The number of rotatable bonds is 6. The van der Waals surface area contributed by atoms with Gasteiger partial charge < -0.3 is 4.74 Å². The average Bonchev–Trinajstić information content (AvgIpc) is 2.31. The van der Waals surface area contributed by atoms with Crippen LogP contribution in [0.25, 0.3) is 0 Å². The molecule has 0 fully saturated rings. The van der Waals surface area contributed by atoms with Crippen LogP contribution >= 0.6 is 15.9 Å². The van der Waals surface area contributed by atoms with Gasteiger partial charge in [0.05, 0.1) is 17.6 Å². The molecule has 0 aromatic heterocycles. The van der Waals surface area contributed by atoms with Crippen molar-refractivity contribution in [2.45, 2.75) is 31.8 Å². The summed E-state index contributed by atoms with van der Waals surface area (Å²) >= 11 is 3.36. The van der Waals surface area contributed by atoms with Gasteiger partial charge in [0.15, 0.2) is 0 Å². The molecule has 0 saturated carbocycles. The summed E-state index contributed by atoms with van der Waals surface area (Å²) in [5.41, 5.74) is 0.896. The number of likely N-dealkylation sites (N-methyl/N-ethyl adjacent to an activating group) is 1. The molecule has 0 amide bonds. The molecule has 0 unspecified atom stereocenters. The third kappa shape index (κ3) is 4.56. The van der Waals surface area contributed by atoms with Crippen LogP contribution in [0.3, 0.4) is 0 Å². The lowest BCUT2D eigenvalue weighted by Crippen LogP contribution is -2.31. The summed E-state index contributed by atoms with van der Waals surface area (Å²) in [6, 6.07) is 5.02. The van der Waals surface area contributed by atoms with Gasteiger partial charge in [0.25, 0.3) is 0 Å². The number of nitrogens with zero attached hydrogens (tertiary/aromatic N) is 1. The van der Waals surface area contributed by atoms with Crippen LogP contribution in [-0.2, 0) is 14.8 Å². The standard InChI is InChI=1S/C13H20BrNO3S/c1-10(2)18-8-7-15(4)19(16,17)12-5-6-13(14)11(3)9-12/h5-6,9-10H,7-8H2,1-4H3. The largest absolute Gasteiger partial charge is 0.377 e. The SMILES string of the molecule is Cc1cc(S(=O)(=O)N(C)CCOC(C)C)ccc1Br. The molecule has 0 aliphatic heterocycles. The molecule has 0 aliphatic carbocycles. The minimum absolute atomic E-state index is 0.103. The normalized spacial score (nSPS) is 12.4. The van der Waals surface area contributed by atoms with Crippen molar-refractivity contribution in [1.29, 1.82) is 0 Å². The quantitative estimate of drug-likeness (QED) is 0.793. The fraction of sp³-hybridized carbons (Fsp3) is 0.538. The van der Waals surface area contributed by atoms with Gasteiger partial charge in [-0.05, 0) is 44.5 Å². The van der Waals surface area contributed by atoms with Crippen molar-refractivity contribution in [1.82, 2.24) is 4.31 Å². The molecular weight excluding hydrogens is 330 g/mol. The summed E-state index contributed by atoms with van der Waals surface area (Å²) in [6.07, 6.45) is 0.103. The van der Waals surface area contributed by atoms with E-state index in [9.17, 15) is 8.42 Å². The Kier molecular flexibility index (Phi) is 5.98. The molecule has 0 radical (unpaired) electrons. The van der Waals surface area contributed by atoms with Crippen LogP contribution in [0, 0.1) is 6.92 Å². The number of hydrogen-bond donors (Lipinski definition) is 0. The Labute approximate surface area is 123 Å². The molecule has 108 valence electrons.